The van der Waals surface area contributed by atoms with E-state index in [1.165, 1.54) is 0 Å². The Bertz CT molecular complexity index is 987. The fraction of sp³-hybridized carbons (Fsp3) is 0.154. The van der Waals surface area contributed by atoms with E-state index in [-0.39, 0.29) is 20.9 Å². The lowest BCUT2D eigenvalue weighted by Gasteiger charge is -2.16. The zero-order valence-corrected chi connectivity index (χ0v) is 14.0. The molecule has 0 aliphatic carbocycles. The first-order chi connectivity index (χ1) is 11.9. The number of hydrogen-bond donors (Lipinski definition) is 2. The van der Waals surface area contributed by atoms with Gasteiger partial charge in [-0.1, -0.05) is 12.2 Å². The van der Waals surface area contributed by atoms with Crippen LogP contribution in [0, 0.1) is 0 Å². The number of ether oxygens (including phenoxy) is 1. The number of halogens is 5. The molecule has 2 rings (SSSR count). The fourth-order valence-electron chi connectivity index (χ4n) is 2.06. The molecule has 0 saturated heterocycles. The fourth-order valence-corrected chi connectivity index (χ4v) is 2.37. The van der Waals surface area contributed by atoms with Crippen LogP contribution in [0.4, 0.5) is 17.6 Å². The van der Waals surface area contributed by atoms with Gasteiger partial charge in [0.2, 0.25) is 0 Å². The normalized spacial score (nSPS) is 11.6. The molecule has 1 aromatic heterocycles. The summed E-state index contributed by atoms with van der Waals surface area (Å²) in [7, 11) is 0. The van der Waals surface area contributed by atoms with Crippen molar-refractivity contribution >= 4 is 28.8 Å². The maximum Gasteiger partial charge on any atom is 0.387 e. The number of nitrogens with zero attached hydrogens (tertiary/aromatic N) is 2. The molecule has 0 fully saturated rings. The van der Waals surface area contributed by atoms with Gasteiger partial charge in [-0.2, -0.15) is 17.6 Å². The predicted molar refractivity (Wildman–Crippen MR) is 88.7 cm³/mol. The summed E-state index contributed by atoms with van der Waals surface area (Å²) in [5.74, 6) is 4.74. The summed E-state index contributed by atoms with van der Waals surface area (Å²) in [6.45, 7) is -3.25. The summed E-state index contributed by atoms with van der Waals surface area (Å²) in [5.41, 5.74) is 1.15. The molecule has 0 unspecified atom stereocenters. The highest BCUT2D eigenvalue weighted by atomic mass is 35.5. The summed E-state index contributed by atoms with van der Waals surface area (Å²) in [5, 5.41) is -4.08. The highest BCUT2D eigenvalue weighted by Gasteiger charge is 2.33. The lowest BCUT2D eigenvalue weighted by molar-refractivity contribution is -0.0499. The monoisotopic (exact) mass is 412 g/mol. The van der Waals surface area contributed by atoms with Gasteiger partial charge < -0.3 is 16.3 Å². The average Bonchev–Trinajstić information content (AvgIpc) is 2.49. The third-order valence-corrected chi connectivity index (χ3v) is 3.55. The molecule has 2 aromatic rings. The molecule has 1 heterocycles. The van der Waals surface area contributed by atoms with Gasteiger partial charge in [0.05, 0.1) is 11.3 Å². The summed E-state index contributed by atoms with van der Waals surface area (Å²) in [6, 6.07) is 3.44. The molecule has 0 aliphatic heterocycles. The van der Waals surface area contributed by atoms with E-state index in [1.54, 1.807) is 0 Å². The first-order valence-electron chi connectivity index (χ1n) is 6.54. The minimum absolute atomic E-state index is 0.0382. The van der Waals surface area contributed by atoms with E-state index in [0.29, 0.717) is 10.6 Å². The number of nitrogen functional groups attached to an aromatic ring is 1. The van der Waals surface area contributed by atoms with E-state index in [9.17, 15) is 27.2 Å². The lowest BCUT2D eigenvalue weighted by Crippen LogP contribution is -2.45. The molecule has 13 heteroatoms. The van der Waals surface area contributed by atoms with Crippen LogP contribution in [0.25, 0.3) is 5.69 Å². The van der Waals surface area contributed by atoms with Crippen LogP contribution in [-0.4, -0.2) is 20.8 Å². The number of hydrogen-bond acceptors (Lipinski definition) is 5. The van der Waals surface area contributed by atoms with Crippen molar-refractivity contribution in [2.24, 2.45) is 5.73 Å². The zero-order chi connectivity index (χ0) is 19.8. The van der Waals surface area contributed by atoms with Crippen LogP contribution in [0.3, 0.4) is 0 Å². The van der Waals surface area contributed by atoms with E-state index in [1.807, 2.05) is 0 Å². The van der Waals surface area contributed by atoms with Crippen LogP contribution in [0.1, 0.15) is 11.3 Å². The van der Waals surface area contributed by atoms with Gasteiger partial charge in [0, 0.05) is 12.1 Å². The molecular formula is C13H9ClF4N4O3S. The molecule has 0 saturated carbocycles. The Kier molecular flexibility index (Phi) is 5.28. The molecule has 0 radical (unpaired) electrons. The van der Waals surface area contributed by atoms with Crippen molar-refractivity contribution in [3.05, 3.63) is 56.4 Å². The molecule has 140 valence electrons. The molecular weight excluding hydrogens is 404 g/mol. The maximum absolute atomic E-state index is 13.2. The minimum Gasteiger partial charge on any atom is -0.434 e. The summed E-state index contributed by atoms with van der Waals surface area (Å²) in [6.07, 6.45) is 0. The second-order valence-corrected chi connectivity index (χ2v) is 5.69. The van der Waals surface area contributed by atoms with Gasteiger partial charge in [-0.05, 0) is 23.7 Å². The Morgan fingerprint density at radius 3 is 2.38 bits per heavy atom. The third kappa shape index (κ3) is 3.80. The van der Waals surface area contributed by atoms with Gasteiger partial charge >= 0.3 is 17.7 Å². The number of nitrogens with two attached hydrogens (primary N) is 2. The Morgan fingerprint density at radius 2 is 1.88 bits per heavy atom. The van der Waals surface area contributed by atoms with Crippen molar-refractivity contribution in [3.63, 3.8) is 0 Å². The minimum atomic E-state index is -4.08. The Hall–Kier alpha value is -2.60. The third-order valence-electron chi connectivity index (χ3n) is 3.13. The van der Waals surface area contributed by atoms with Crippen LogP contribution in [0.5, 0.6) is 5.75 Å². The lowest BCUT2D eigenvalue weighted by atomic mass is 10.1. The van der Waals surface area contributed by atoms with Gasteiger partial charge in [0.1, 0.15) is 16.4 Å². The van der Waals surface area contributed by atoms with Gasteiger partial charge in [-0.25, -0.2) is 14.0 Å². The van der Waals surface area contributed by atoms with Gasteiger partial charge in [-0.3, -0.25) is 4.79 Å². The second kappa shape index (κ2) is 6.96. The molecule has 0 aliphatic rings. The smallest absolute Gasteiger partial charge is 0.387 e. The molecule has 26 heavy (non-hydrogen) atoms. The molecule has 0 bridgehead atoms. The Balaban J connectivity index is 2.73. The van der Waals surface area contributed by atoms with Crippen LogP contribution in [-0.2, 0) is 5.38 Å². The van der Waals surface area contributed by atoms with Crippen molar-refractivity contribution < 1.29 is 22.3 Å². The number of benzene rings is 1. The van der Waals surface area contributed by atoms with Crippen LogP contribution < -0.4 is 27.6 Å². The van der Waals surface area contributed by atoms with E-state index in [4.69, 9.17) is 35.4 Å². The van der Waals surface area contributed by atoms with Crippen LogP contribution >= 0.6 is 23.8 Å². The van der Waals surface area contributed by atoms with Gasteiger partial charge in [0.15, 0.2) is 0 Å². The Morgan fingerprint density at radius 1 is 1.27 bits per heavy atom. The molecule has 0 atom stereocenters. The first-order valence-corrected chi connectivity index (χ1v) is 7.32. The zero-order valence-electron chi connectivity index (χ0n) is 12.5. The molecule has 0 amide bonds. The van der Waals surface area contributed by atoms with Crippen molar-refractivity contribution in [2.75, 3.05) is 5.84 Å². The highest BCUT2D eigenvalue weighted by Crippen LogP contribution is 2.30. The number of alkyl halides is 5. The number of thiocarbonyl (C=S) groups is 1. The molecule has 7 nitrogen and oxygen atoms in total. The van der Waals surface area contributed by atoms with E-state index in [2.05, 4.69) is 4.74 Å². The maximum atomic E-state index is 13.2. The van der Waals surface area contributed by atoms with Crippen molar-refractivity contribution in [2.45, 2.75) is 12.0 Å². The molecule has 0 spiro atoms. The molecule has 4 N–H and O–H groups in total. The van der Waals surface area contributed by atoms with Gasteiger partial charge in [0.25, 0.3) is 5.56 Å². The van der Waals surface area contributed by atoms with E-state index < -0.39 is 34.7 Å². The predicted octanol–water partition coefficient (Wildman–Crippen LogP) is 1.24. The number of rotatable bonds is 5. The van der Waals surface area contributed by atoms with Crippen molar-refractivity contribution in [1.29, 1.82) is 0 Å². The van der Waals surface area contributed by atoms with Crippen molar-refractivity contribution in [3.8, 4) is 11.4 Å². The topological polar surface area (TPSA) is 105 Å². The summed E-state index contributed by atoms with van der Waals surface area (Å²) >= 11 is 9.48. The van der Waals surface area contributed by atoms with Crippen molar-refractivity contribution in [1.82, 2.24) is 9.24 Å². The largest absolute Gasteiger partial charge is 0.434 e. The SMILES string of the molecule is NC(=S)c1ccc(-n2c(=O)cc(C(F)(F)Cl)n(N)c2=O)cc1OC(F)F. The standard InChI is InChI=1S/C13H9ClF4N4O3S/c14-13(17,18)8-4-9(23)21(12(24)22(8)20)5-1-2-6(10(19)26)7(3-5)25-11(15)16/h1-4,11H,20H2,(H2,19,26). The van der Waals surface area contributed by atoms with E-state index >= 15 is 0 Å². The van der Waals surface area contributed by atoms with Gasteiger partial charge in [-0.15, -0.1) is 0 Å². The average molecular weight is 413 g/mol. The van der Waals surface area contributed by atoms with E-state index in [0.717, 1.165) is 18.2 Å². The summed E-state index contributed by atoms with van der Waals surface area (Å²) in [4.78, 5) is 24.0. The second-order valence-electron chi connectivity index (χ2n) is 4.78. The highest BCUT2D eigenvalue weighted by molar-refractivity contribution is 7.80. The first kappa shape index (κ1) is 19.7. The van der Waals surface area contributed by atoms with Crippen LogP contribution in [0.2, 0.25) is 0 Å². The quantitative estimate of drug-likeness (QED) is 0.331. The summed E-state index contributed by atoms with van der Waals surface area (Å²) < 4.78 is 56.1. The Labute approximate surface area is 152 Å². The molecule has 1 aromatic carbocycles. The van der Waals surface area contributed by atoms with Crippen LogP contribution in [0.15, 0.2) is 33.9 Å². The number of aromatic nitrogens is 2.